The fourth-order valence-corrected chi connectivity index (χ4v) is 8.04. The minimum Gasteiger partial charge on any atom is -0.377 e. The summed E-state index contributed by atoms with van der Waals surface area (Å²) < 4.78 is 31.5. The van der Waals surface area contributed by atoms with E-state index in [0.29, 0.717) is 35.8 Å². The van der Waals surface area contributed by atoms with Gasteiger partial charge < -0.3 is 14.8 Å². The molecule has 2 aliphatic rings. The Morgan fingerprint density at radius 1 is 0.900 bits per heavy atom. The van der Waals surface area contributed by atoms with E-state index in [1.165, 1.54) is 6.92 Å². The number of piperidine rings is 1. The van der Waals surface area contributed by atoms with Crippen LogP contribution in [0, 0.1) is 5.92 Å². The van der Waals surface area contributed by atoms with Crippen molar-refractivity contribution in [3.8, 4) is 11.1 Å². The predicted molar refractivity (Wildman–Crippen MR) is 158 cm³/mol. The first kappa shape index (κ1) is 26.3. The largest absolute Gasteiger partial charge is 0.377 e. The maximum Gasteiger partial charge on any atom is 0.258 e. The third-order valence-electron chi connectivity index (χ3n) is 8.05. The number of nitrogens with one attached hydrogen (secondary N) is 1. The molecule has 1 saturated heterocycles. The molecule has 1 N–H and O–H groups in total. The maximum atomic E-state index is 14.0. The smallest absolute Gasteiger partial charge is 0.258 e. The second-order valence-electron chi connectivity index (χ2n) is 11.0. The van der Waals surface area contributed by atoms with Gasteiger partial charge in [-0.3, -0.25) is 9.59 Å². The maximum absolute atomic E-state index is 14.0. The minimum atomic E-state index is -3.75. The van der Waals surface area contributed by atoms with Crippen molar-refractivity contribution in [3.63, 3.8) is 0 Å². The number of rotatable bonds is 5. The van der Waals surface area contributed by atoms with Crippen molar-refractivity contribution in [1.82, 2.24) is 8.87 Å². The van der Waals surface area contributed by atoms with Gasteiger partial charge in [-0.15, -0.1) is 0 Å². The average molecular weight is 557 g/mol. The number of nitrogens with zero attached hydrogens (tertiary/aromatic N) is 3. The Balaban J connectivity index is 1.32. The van der Waals surface area contributed by atoms with Crippen molar-refractivity contribution in [1.29, 1.82) is 0 Å². The van der Waals surface area contributed by atoms with Crippen molar-refractivity contribution in [2.45, 2.75) is 30.7 Å². The van der Waals surface area contributed by atoms with E-state index in [-0.39, 0.29) is 23.3 Å². The number of amides is 1. The molecule has 0 radical (unpaired) electrons. The fraction of sp³-hybridized carbons (Fsp3) is 0.290. The predicted octanol–water partition coefficient (Wildman–Crippen LogP) is 4.50. The Morgan fingerprint density at radius 2 is 1.62 bits per heavy atom. The van der Waals surface area contributed by atoms with Crippen LogP contribution in [0.15, 0.2) is 82.5 Å². The first-order chi connectivity index (χ1) is 19.1. The van der Waals surface area contributed by atoms with E-state index in [1.54, 1.807) is 22.5 Å². The monoisotopic (exact) mass is 556 g/mol. The number of fused-ring (bicyclic) bond motifs is 5. The highest BCUT2D eigenvalue weighted by molar-refractivity contribution is 7.89. The zero-order valence-electron chi connectivity index (χ0n) is 22.8. The molecule has 1 fully saturated rings. The standard InChI is InChI=1S/C31H32N4O4S/c1-20(36)32-24-12-10-22(11-13-24)25-14-15-28-23-16-21(18-35(28)31(25)37)17-34(19-23)40(38,39)30-9-5-6-26-27(30)7-4-8-29(26)33(2)3/h4-15,21,23H,16-19H2,1-3H3,(H,32,36)/t21-,23+/m0/s1. The van der Waals surface area contributed by atoms with Gasteiger partial charge in [-0.05, 0) is 54.3 Å². The summed E-state index contributed by atoms with van der Waals surface area (Å²) in [5, 5.41) is 4.36. The second kappa shape index (κ2) is 9.91. The van der Waals surface area contributed by atoms with E-state index in [1.807, 2.05) is 78.2 Å². The SMILES string of the molecule is CC(=O)Nc1ccc(-c2ccc3n(c2=O)C[C@H]2C[C@@H]3CN(S(=O)(=O)c3cccc4c(N(C)C)cccc34)C2)cc1. The third-order valence-corrected chi connectivity index (χ3v) is 9.94. The summed E-state index contributed by atoms with van der Waals surface area (Å²) >= 11 is 0. The molecular weight excluding hydrogens is 524 g/mol. The Bertz CT molecular complexity index is 1790. The van der Waals surface area contributed by atoms with Crippen LogP contribution in [-0.4, -0.2) is 50.4 Å². The molecule has 2 aliphatic heterocycles. The number of pyridine rings is 1. The Morgan fingerprint density at radius 3 is 2.35 bits per heavy atom. The van der Waals surface area contributed by atoms with Gasteiger partial charge in [-0.25, -0.2) is 8.42 Å². The summed E-state index contributed by atoms with van der Waals surface area (Å²) in [5.74, 6) is -0.162. The number of hydrogen-bond acceptors (Lipinski definition) is 5. The highest BCUT2D eigenvalue weighted by Gasteiger charge is 2.40. The summed E-state index contributed by atoms with van der Waals surface area (Å²) in [7, 11) is 0.151. The number of carbonyl (C=O) groups is 1. The van der Waals surface area contributed by atoms with Gasteiger partial charge in [-0.2, -0.15) is 4.31 Å². The van der Waals surface area contributed by atoms with Crippen molar-refractivity contribution in [2.24, 2.45) is 5.92 Å². The summed E-state index contributed by atoms with van der Waals surface area (Å²) in [6.45, 7) is 2.65. The van der Waals surface area contributed by atoms with Crippen molar-refractivity contribution in [2.75, 3.05) is 37.4 Å². The Labute approximate surface area is 233 Å². The molecule has 0 aliphatic carbocycles. The minimum absolute atomic E-state index is 0.0448. The van der Waals surface area contributed by atoms with Gasteiger partial charge in [0, 0.05) is 80.0 Å². The summed E-state index contributed by atoms with van der Waals surface area (Å²) in [5.41, 5.74) is 3.83. The van der Waals surface area contributed by atoms with Crippen molar-refractivity contribution in [3.05, 3.63) is 88.8 Å². The van der Waals surface area contributed by atoms with Crippen molar-refractivity contribution >= 4 is 38.1 Å². The van der Waals surface area contributed by atoms with Crippen LogP contribution < -0.4 is 15.8 Å². The summed E-state index contributed by atoms with van der Waals surface area (Å²) in [6, 6.07) is 22.3. The lowest BCUT2D eigenvalue weighted by Crippen LogP contribution is -2.49. The molecule has 2 atom stereocenters. The van der Waals surface area contributed by atoms with Gasteiger partial charge in [0.05, 0.1) is 4.90 Å². The van der Waals surface area contributed by atoms with E-state index in [9.17, 15) is 18.0 Å². The first-order valence-electron chi connectivity index (χ1n) is 13.4. The van der Waals surface area contributed by atoms with Crippen LogP contribution in [0.3, 0.4) is 0 Å². The van der Waals surface area contributed by atoms with Crippen LogP contribution in [0.5, 0.6) is 0 Å². The van der Waals surface area contributed by atoms with Crippen LogP contribution in [-0.2, 0) is 21.4 Å². The summed E-state index contributed by atoms with van der Waals surface area (Å²) in [4.78, 5) is 27.2. The molecule has 0 saturated carbocycles. The number of hydrogen-bond donors (Lipinski definition) is 1. The number of sulfonamides is 1. The molecule has 1 aromatic heterocycles. The van der Waals surface area contributed by atoms with Crippen molar-refractivity contribution < 1.29 is 13.2 Å². The van der Waals surface area contributed by atoms with Gasteiger partial charge in [-0.1, -0.05) is 36.4 Å². The average Bonchev–Trinajstić information content (AvgIpc) is 2.93. The topological polar surface area (TPSA) is 91.7 Å². The van der Waals surface area contributed by atoms with Gasteiger partial charge in [0.25, 0.3) is 5.56 Å². The molecule has 8 nitrogen and oxygen atoms in total. The number of aromatic nitrogens is 1. The van der Waals surface area contributed by atoms with E-state index in [4.69, 9.17) is 0 Å². The molecular formula is C31H32N4O4S. The number of benzene rings is 3. The lowest BCUT2D eigenvalue weighted by molar-refractivity contribution is -0.114. The van der Waals surface area contributed by atoms with Crippen LogP contribution in [0.1, 0.15) is 25.0 Å². The quantitative estimate of drug-likeness (QED) is 0.391. The molecule has 4 aromatic rings. The van der Waals surface area contributed by atoms with Gasteiger partial charge in [0.15, 0.2) is 0 Å². The lowest BCUT2D eigenvalue weighted by Gasteiger charge is -2.42. The molecule has 206 valence electrons. The molecule has 2 bridgehead atoms. The van der Waals surface area contributed by atoms with Crippen LogP contribution in [0.2, 0.25) is 0 Å². The van der Waals surface area contributed by atoms with Crippen LogP contribution in [0.25, 0.3) is 21.9 Å². The van der Waals surface area contributed by atoms with E-state index in [2.05, 4.69) is 5.32 Å². The zero-order valence-corrected chi connectivity index (χ0v) is 23.6. The molecule has 0 unspecified atom stereocenters. The van der Waals surface area contributed by atoms with E-state index >= 15 is 0 Å². The third kappa shape index (κ3) is 4.49. The van der Waals surface area contributed by atoms with Gasteiger partial charge in [0.2, 0.25) is 15.9 Å². The van der Waals surface area contributed by atoms with Crippen LogP contribution >= 0.6 is 0 Å². The van der Waals surface area contributed by atoms with Crippen LogP contribution in [0.4, 0.5) is 11.4 Å². The number of anilines is 2. The Hall–Kier alpha value is -3.95. The molecule has 9 heteroatoms. The zero-order chi connectivity index (χ0) is 28.2. The molecule has 1 amide bonds. The van der Waals surface area contributed by atoms with E-state index < -0.39 is 10.0 Å². The van der Waals surface area contributed by atoms with Gasteiger partial charge in [0.1, 0.15) is 0 Å². The molecule has 40 heavy (non-hydrogen) atoms. The molecule has 6 rings (SSSR count). The number of carbonyl (C=O) groups excluding carboxylic acids is 1. The van der Waals surface area contributed by atoms with E-state index in [0.717, 1.165) is 34.1 Å². The fourth-order valence-electron chi connectivity index (χ4n) is 6.27. The highest BCUT2D eigenvalue weighted by atomic mass is 32.2. The van der Waals surface area contributed by atoms with Gasteiger partial charge >= 0.3 is 0 Å². The summed E-state index contributed by atoms with van der Waals surface area (Å²) in [6.07, 6.45) is 0.858. The molecule has 3 heterocycles. The first-order valence-corrected chi connectivity index (χ1v) is 14.9. The highest BCUT2D eigenvalue weighted by Crippen LogP contribution is 2.39. The second-order valence-corrected chi connectivity index (χ2v) is 12.9. The normalized spacial score (nSPS) is 18.8. The Kier molecular flexibility index (Phi) is 6.51. The molecule has 0 spiro atoms. The lowest BCUT2D eigenvalue weighted by atomic mass is 9.84. The molecule has 3 aromatic carbocycles.